The predicted molar refractivity (Wildman–Crippen MR) is 83.6 cm³/mol. The zero-order valence-corrected chi connectivity index (χ0v) is 13.7. The third-order valence-corrected chi connectivity index (χ3v) is 5.58. The van der Waals surface area contributed by atoms with Gasteiger partial charge in [0, 0.05) is 17.3 Å². The largest absolute Gasteiger partial charge is 0.375 e. The summed E-state index contributed by atoms with van der Waals surface area (Å²) in [4.78, 5) is 4.59. The zero-order chi connectivity index (χ0) is 14.0. The molecule has 1 saturated heterocycles. The molecule has 3 rings (SSSR count). The van der Waals surface area contributed by atoms with Gasteiger partial charge in [0.15, 0.2) is 0 Å². The summed E-state index contributed by atoms with van der Waals surface area (Å²) in [6, 6.07) is 4.37. The van der Waals surface area contributed by atoms with E-state index in [1.54, 1.807) is 0 Å². The molecule has 3 nitrogen and oxygen atoms in total. The van der Waals surface area contributed by atoms with Crippen LogP contribution in [0.5, 0.6) is 0 Å². The van der Waals surface area contributed by atoms with Gasteiger partial charge in [0.1, 0.15) is 0 Å². The first kappa shape index (κ1) is 14.5. The van der Waals surface area contributed by atoms with Crippen LogP contribution in [0.1, 0.15) is 50.3 Å². The molecular formula is C16H23BrN2O. The van der Waals surface area contributed by atoms with Gasteiger partial charge >= 0.3 is 0 Å². The fraction of sp³-hybridized carbons (Fsp3) is 0.688. The lowest BCUT2D eigenvalue weighted by atomic mass is 9.79. The minimum absolute atomic E-state index is 0.166. The van der Waals surface area contributed by atoms with Gasteiger partial charge in [-0.15, -0.1) is 0 Å². The highest BCUT2D eigenvalue weighted by molar-refractivity contribution is 9.10. The molecule has 0 bridgehead atoms. The summed E-state index contributed by atoms with van der Waals surface area (Å²) in [5.41, 5.74) is 1.30. The Labute approximate surface area is 129 Å². The number of pyridine rings is 1. The maximum Gasteiger partial charge on any atom is 0.0717 e. The van der Waals surface area contributed by atoms with Crippen LogP contribution in [0.15, 0.2) is 22.8 Å². The summed E-state index contributed by atoms with van der Waals surface area (Å²) < 4.78 is 7.26. The Morgan fingerprint density at radius 1 is 1.45 bits per heavy atom. The SMILES string of the molecule is CNC(c1ncccc1Br)C1CCOC2(CCCC2)C1. The smallest absolute Gasteiger partial charge is 0.0717 e. The van der Waals surface area contributed by atoms with Gasteiger partial charge in [-0.1, -0.05) is 12.8 Å². The molecule has 4 heteroatoms. The monoisotopic (exact) mass is 338 g/mol. The molecule has 110 valence electrons. The van der Waals surface area contributed by atoms with Gasteiger partial charge in [0.25, 0.3) is 0 Å². The second-order valence-corrected chi connectivity index (χ2v) is 6.98. The van der Waals surface area contributed by atoms with Crippen LogP contribution in [-0.4, -0.2) is 24.2 Å². The molecule has 1 aromatic rings. The molecule has 1 aliphatic heterocycles. The Bertz CT molecular complexity index is 460. The molecule has 20 heavy (non-hydrogen) atoms. The van der Waals surface area contributed by atoms with Gasteiger partial charge in [0.2, 0.25) is 0 Å². The fourth-order valence-electron chi connectivity index (χ4n) is 3.94. The van der Waals surface area contributed by atoms with E-state index in [2.05, 4.69) is 32.3 Å². The minimum atomic E-state index is 0.166. The number of halogens is 1. The minimum Gasteiger partial charge on any atom is -0.375 e. The number of hydrogen-bond acceptors (Lipinski definition) is 3. The van der Waals surface area contributed by atoms with Crippen molar-refractivity contribution in [3.05, 3.63) is 28.5 Å². The molecule has 1 spiro atoms. The van der Waals surface area contributed by atoms with E-state index in [0.717, 1.165) is 23.2 Å². The second-order valence-electron chi connectivity index (χ2n) is 6.13. The molecule has 0 amide bonds. The highest BCUT2D eigenvalue weighted by Gasteiger charge is 2.42. The van der Waals surface area contributed by atoms with E-state index in [4.69, 9.17) is 4.74 Å². The first-order chi connectivity index (χ1) is 9.74. The molecule has 0 aromatic carbocycles. The number of aromatic nitrogens is 1. The van der Waals surface area contributed by atoms with Gasteiger partial charge in [0.05, 0.1) is 17.3 Å². The van der Waals surface area contributed by atoms with Crippen LogP contribution in [0.25, 0.3) is 0 Å². The quantitative estimate of drug-likeness (QED) is 0.908. The molecule has 2 unspecified atom stereocenters. The summed E-state index contributed by atoms with van der Waals surface area (Å²) in [6.45, 7) is 0.896. The third kappa shape index (κ3) is 2.78. The highest BCUT2D eigenvalue weighted by Crippen LogP contribution is 2.45. The van der Waals surface area contributed by atoms with Gasteiger partial charge in [-0.05, 0) is 66.7 Å². The van der Waals surface area contributed by atoms with Gasteiger partial charge in [-0.25, -0.2) is 0 Å². The van der Waals surface area contributed by atoms with E-state index >= 15 is 0 Å². The topological polar surface area (TPSA) is 34.2 Å². The molecule has 2 fully saturated rings. The standard InChI is InChI=1S/C16H23BrN2O/c1-18-14(15-13(17)5-4-9-19-15)12-6-10-20-16(11-12)7-2-3-8-16/h4-5,9,12,14,18H,2-3,6-8,10-11H2,1H3. The van der Waals surface area contributed by atoms with Crippen LogP contribution in [-0.2, 0) is 4.74 Å². The van der Waals surface area contributed by atoms with E-state index in [1.807, 2.05) is 19.3 Å². The van der Waals surface area contributed by atoms with E-state index in [9.17, 15) is 0 Å². The predicted octanol–water partition coefficient (Wildman–Crippen LogP) is 3.84. The normalized spacial score (nSPS) is 26.8. The van der Waals surface area contributed by atoms with Crippen molar-refractivity contribution in [2.24, 2.45) is 5.92 Å². The lowest BCUT2D eigenvalue weighted by molar-refractivity contribution is -0.0981. The molecule has 1 aromatic heterocycles. The van der Waals surface area contributed by atoms with Crippen molar-refractivity contribution >= 4 is 15.9 Å². The van der Waals surface area contributed by atoms with Crippen molar-refractivity contribution < 1.29 is 4.74 Å². The molecule has 2 heterocycles. The molecule has 1 saturated carbocycles. The third-order valence-electron chi connectivity index (χ3n) is 4.91. The van der Waals surface area contributed by atoms with Crippen LogP contribution in [0.2, 0.25) is 0 Å². The zero-order valence-electron chi connectivity index (χ0n) is 12.1. The molecule has 1 N–H and O–H groups in total. The van der Waals surface area contributed by atoms with Gasteiger partial charge in [-0.3, -0.25) is 4.98 Å². The lowest BCUT2D eigenvalue weighted by Gasteiger charge is -2.41. The number of hydrogen-bond donors (Lipinski definition) is 1. The van der Waals surface area contributed by atoms with Crippen molar-refractivity contribution in [2.75, 3.05) is 13.7 Å². The lowest BCUT2D eigenvalue weighted by Crippen LogP contribution is -2.41. The Balaban J connectivity index is 1.81. The van der Waals surface area contributed by atoms with Crippen LogP contribution in [0.3, 0.4) is 0 Å². The first-order valence-corrected chi connectivity index (χ1v) is 8.45. The van der Waals surface area contributed by atoms with E-state index in [1.165, 1.54) is 32.1 Å². The molecule has 0 radical (unpaired) electrons. The Hall–Kier alpha value is -0.450. The maximum absolute atomic E-state index is 6.16. The Kier molecular flexibility index (Phi) is 4.43. The second kappa shape index (κ2) is 6.12. The number of nitrogens with one attached hydrogen (secondary N) is 1. The fourth-order valence-corrected chi connectivity index (χ4v) is 4.44. The molecule has 1 aliphatic carbocycles. The number of rotatable bonds is 3. The summed E-state index contributed by atoms with van der Waals surface area (Å²) in [6.07, 6.45) is 9.30. The van der Waals surface area contributed by atoms with Crippen molar-refractivity contribution in [3.8, 4) is 0 Å². The first-order valence-electron chi connectivity index (χ1n) is 7.66. The number of nitrogens with zero attached hydrogens (tertiary/aromatic N) is 1. The highest BCUT2D eigenvalue weighted by atomic mass is 79.9. The van der Waals surface area contributed by atoms with Crippen molar-refractivity contribution in [1.29, 1.82) is 0 Å². The average Bonchev–Trinajstić information content (AvgIpc) is 2.90. The molecule has 2 aliphatic rings. The van der Waals surface area contributed by atoms with Crippen molar-refractivity contribution in [1.82, 2.24) is 10.3 Å². The summed E-state index contributed by atoms with van der Waals surface area (Å²) in [5, 5.41) is 3.49. The average molecular weight is 339 g/mol. The molecular weight excluding hydrogens is 316 g/mol. The number of ether oxygens (including phenoxy) is 1. The van der Waals surface area contributed by atoms with Crippen LogP contribution in [0.4, 0.5) is 0 Å². The van der Waals surface area contributed by atoms with Crippen LogP contribution in [0, 0.1) is 5.92 Å². The van der Waals surface area contributed by atoms with E-state index in [-0.39, 0.29) is 5.60 Å². The molecule has 2 atom stereocenters. The maximum atomic E-state index is 6.16. The van der Waals surface area contributed by atoms with E-state index < -0.39 is 0 Å². The Morgan fingerprint density at radius 2 is 2.25 bits per heavy atom. The summed E-state index contributed by atoms with van der Waals surface area (Å²) in [5.74, 6) is 0.609. The van der Waals surface area contributed by atoms with Crippen LogP contribution < -0.4 is 5.32 Å². The van der Waals surface area contributed by atoms with E-state index in [0.29, 0.717) is 12.0 Å². The van der Waals surface area contributed by atoms with Gasteiger partial charge in [-0.2, -0.15) is 0 Å². The summed E-state index contributed by atoms with van der Waals surface area (Å²) >= 11 is 3.65. The summed E-state index contributed by atoms with van der Waals surface area (Å²) in [7, 11) is 2.04. The van der Waals surface area contributed by atoms with Gasteiger partial charge < -0.3 is 10.1 Å². The Morgan fingerprint density at radius 3 is 2.95 bits per heavy atom. The van der Waals surface area contributed by atoms with Crippen molar-refractivity contribution in [3.63, 3.8) is 0 Å². The van der Waals surface area contributed by atoms with Crippen LogP contribution >= 0.6 is 15.9 Å². The van der Waals surface area contributed by atoms with Crippen molar-refractivity contribution in [2.45, 2.75) is 50.2 Å².